The lowest BCUT2D eigenvalue weighted by atomic mass is 10.2. The summed E-state index contributed by atoms with van der Waals surface area (Å²) < 4.78 is 39.4. The fraction of sp³-hybridized carbons (Fsp3) is 0.455. The SMILES string of the molecule is CCNCCc1nnc2c(Cl)cc(C(F)(F)F)cn12. The number of hydrogen-bond donors (Lipinski definition) is 1. The number of nitrogens with one attached hydrogen (secondary N) is 1. The van der Waals surface area contributed by atoms with E-state index >= 15 is 0 Å². The standard InChI is InChI=1S/C11H12ClF3N4/c1-2-16-4-3-9-17-18-10-8(12)5-7(6-19(9)10)11(13,14)15/h5-6,16H,2-4H2,1H3. The van der Waals surface area contributed by atoms with E-state index in [1.807, 2.05) is 6.92 Å². The second-order valence-electron chi connectivity index (χ2n) is 3.99. The predicted molar refractivity (Wildman–Crippen MR) is 65.2 cm³/mol. The molecule has 0 saturated carbocycles. The van der Waals surface area contributed by atoms with Gasteiger partial charge in [-0.1, -0.05) is 18.5 Å². The summed E-state index contributed by atoms with van der Waals surface area (Å²) in [6, 6.07) is 0.861. The Bertz CT molecular complexity index is 579. The van der Waals surface area contributed by atoms with Crippen LogP contribution in [-0.4, -0.2) is 27.7 Å². The first kappa shape index (κ1) is 14.1. The monoisotopic (exact) mass is 292 g/mol. The zero-order valence-corrected chi connectivity index (χ0v) is 10.9. The minimum Gasteiger partial charge on any atom is -0.317 e. The number of likely N-dealkylation sites (N-methyl/N-ethyl adjacent to an activating group) is 1. The van der Waals surface area contributed by atoms with Gasteiger partial charge in [-0.3, -0.25) is 4.40 Å². The number of fused-ring (bicyclic) bond motifs is 1. The highest BCUT2D eigenvalue weighted by Crippen LogP contribution is 2.32. The van der Waals surface area contributed by atoms with Crippen LogP contribution in [0.1, 0.15) is 18.3 Å². The summed E-state index contributed by atoms with van der Waals surface area (Å²) in [6.07, 6.45) is -2.99. The Kier molecular flexibility index (Phi) is 3.96. The summed E-state index contributed by atoms with van der Waals surface area (Å²) in [4.78, 5) is 0. The van der Waals surface area contributed by atoms with Crippen molar-refractivity contribution in [2.75, 3.05) is 13.1 Å². The van der Waals surface area contributed by atoms with Crippen LogP contribution in [0.3, 0.4) is 0 Å². The number of aromatic nitrogens is 3. The number of hydrogen-bond acceptors (Lipinski definition) is 3. The van der Waals surface area contributed by atoms with Crippen molar-refractivity contribution in [3.8, 4) is 0 Å². The fourth-order valence-electron chi connectivity index (χ4n) is 1.70. The first-order valence-electron chi connectivity index (χ1n) is 5.74. The molecule has 0 fully saturated rings. The Morgan fingerprint density at radius 3 is 2.74 bits per heavy atom. The Morgan fingerprint density at radius 1 is 1.37 bits per heavy atom. The lowest BCUT2D eigenvalue weighted by Crippen LogP contribution is -2.17. The number of pyridine rings is 1. The molecule has 2 rings (SSSR count). The molecule has 0 radical (unpaired) electrons. The van der Waals surface area contributed by atoms with Gasteiger partial charge in [-0.15, -0.1) is 10.2 Å². The van der Waals surface area contributed by atoms with Crippen LogP contribution < -0.4 is 5.32 Å². The van der Waals surface area contributed by atoms with E-state index < -0.39 is 11.7 Å². The maximum Gasteiger partial charge on any atom is 0.417 e. The molecular weight excluding hydrogens is 281 g/mol. The highest BCUT2D eigenvalue weighted by atomic mass is 35.5. The minimum atomic E-state index is -4.44. The number of rotatable bonds is 4. The van der Waals surface area contributed by atoms with Gasteiger partial charge in [0, 0.05) is 19.2 Å². The van der Waals surface area contributed by atoms with E-state index in [2.05, 4.69) is 15.5 Å². The fourth-order valence-corrected chi connectivity index (χ4v) is 1.95. The maximum atomic E-state index is 12.7. The number of alkyl halides is 3. The van der Waals surface area contributed by atoms with Crippen molar-refractivity contribution in [3.05, 3.63) is 28.7 Å². The summed E-state index contributed by atoms with van der Waals surface area (Å²) >= 11 is 5.80. The van der Waals surface area contributed by atoms with Crippen LogP contribution in [0.4, 0.5) is 13.2 Å². The molecule has 2 heterocycles. The molecule has 8 heteroatoms. The van der Waals surface area contributed by atoms with Crippen molar-refractivity contribution in [1.29, 1.82) is 0 Å². The van der Waals surface area contributed by atoms with E-state index in [4.69, 9.17) is 11.6 Å². The third-order valence-corrected chi connectivity index (χ3v) is 2.91. The van der Waals surface area contributed by atoms with Crippen molar-refractivity contribution in [1.82, 2.24) is 19.9 Å². The molecule has 0 amide bonds. The summed E-state index contributed by atoms with van der Waals surface area (Å²) in [5, 5.41) is 10.7. The van der Waals surface area contributed by atoms with Crippen LogP contribution >= 0.6 is 11.6 Å². The number of nitrogens with zero attached hydrogens (tertiary/aromatic N) is 3. The van der Waals surface area contributed by atoms with Gasteiger partial charge in [-0.05, 0) is 12.6 Å². The van der Waals surface area contributed by atoms with Gasteiger partial charge < -0.3 is 5.32 Å². The molecule has 0 saturated heterocycles. The van der Waals surface area contributed by atoms with E-state index in [1.165, 1.54) is 4.40 Å². The summed E-state index contributed by atoms with van der Waals surface area (Å²) in [5.74, 6) is 0.448. The lowest BCUT2D eigenvalue weighted by Gasteiger charge is -2.08. The van der Waals surface area contributed by atoms with Gasteiger partial charge in [0.05, 0.1) is 10.6 Å². The Hall–Kier alpha value is -1.34. The molecule has 0 aliphatic heterocycles. The van der Waals surface area contributed by atoms with Gasteiger partial charge in [0.1, 0.15) is 5.82 Å². The molecule has 0 unspecified atom stereocenters. The average Bonchev–Trinajstić information content (AvgIpc) is 2.72. The Balaban J connectivity index is 2.42. The first-order chi connectivity index (χ1) is 8.93. The van der Waals surface area contributed by atoms with Gasteiger partial charge >= 0.3 is 6.18 Å². The summed E-state index contributed by atoms with van der Waals surface area (Å²) in [7, 11) is 0. The molecule has 1 N–H and O–H groups in total. The highest BCUT2D eigenvalue weighted by molar-refractivity contribution is 6.33. The largest absolute Gasteiger partial charge is 0.417 e. The predicted octanol–water partition coefficient (Wildman–Crippen LogP) is 2.55. The Labute approximate surface area is 112 Å². The molecule has 0 spiro atoms. The van der Waals surface area contributed by atoms with Crippen LogP contribution in [0, 0.1) is 0 Å². The van der Waals surface area contributed by atoms with Gasteiger partial charge in [0.25, 0.3) is 0 Å². The molecule has 0 bridgehead atoms. The molecule has 0 atom stereocenters. The zero-order valence-electron chi connectivity index (χ0n) is 10.1. The van der Waals surface area contributed by atoms with Crippen molar-refractivity contribution in [3.63, 3.8) is 0 Å². The van der Waals surface area contributed by atoms with E-state index in [0.29, 0.717) is 18.8 Å². The molecular formula is C11H12ClF3N4. The van der Waals surface area contributed by atoms with E-state index in [0.717, 1.165) is 18.8 Å². The van der Waals surface area contributed by atoms with Gasteiger partial charge in [-0.2, -0.15) is 13.2 Å². The van der Waals surface area contributed by atoms with Gasteiger partial charge in [-0.25, -0.2) is 0 Å². The number of halogens is 4. The molecule has 2 aromatic heterocycles. The van der Waals surface area contributed by atoms with Crippen LogP contribution in [0.25, 0.3) is 5.65 Å². The topological polar surface area (TPSA) is 42.2 Å². The van der Waals surface area contributed by atoms with Crippen molar-refractivity contribution in [2.24, 2.45) is 0 Å². The third-order valence-electron chi connectivity index (χ3n) is 2.63. The maximum absolute atomic E-state index is 12.7. The molecule has 2 aromatic rings. The quantitative estimate of drug-likeness (QED) is 0.881. The molecule has 104 valence electrons. The van der Waals surface area contributed by atoms with Crippen molar-refractivity contribution in [2.45, 2.75) is 19.5 Å². The van der Waals surface area contributed by atoms with Crippen molar-refractivity contribution >= 4 is 17.2 Å². The molecule has 0 aliphatic rings. The van der Waals surface area contributed by atoms with Crippen LogP contribution in [0.5, 0.6) is 0 Å². The van der Waals surface area contributed by atoms with Crippen LogP contribution in [-0.2, 0) is 12.6 Å². The summed E-state index contributed by atoms with van der Waals surface area (Å²) in [6.45, 7) is 3.34. The second-order valence-corrected chi connectivity index (χ2v) is 4.40. The molecule has 0 aromatic carbocycles. The molecule has 4 nitrogen and oxygen atoms in total. The van der Waals surface area contributed by atoms with E-state index in [1.54, 1.807) is 0 Å². The van der Waals surface area contributed by atoms with Crippen molar-refractivity contribution < 1.29 is 13.2 Å². The normalized spacial score (nSPS) is 12.3. The molecule has 0 aliphatic carbocycles. The lowest BCUT2D eigenvalue weighted by molar-refractivity contribution is -0.137. The first-order valence-corrected chi connectivity index (χ1v) is 6.12. The zero-order chi connectivity index (χ0) is 14.0. The average molecular weight is 293 g/mol. The second kappa shape index (κ2) is 5.34. The highest BCUT2D eigenvalue weighted by Gasteiger charge is 2.32. The van der Waals surface area contributed by atoms with Gasteiger partial charge in [0.2, 0.25) is 0 Å². The van der Waals surface area contributed by atoms with E-state index in [-0.39, 0.29) is 10.7 Å². The molecule has 19 heavy (non-hydrogen) atoms. The van der Waals surface area contributed by atoms with Crippen LogP contribution in [0.15, 0.2) is 12.3 Å². The third kappa shape index (κ3) is 2.98. The summed E-state index contributed by atoms with van der Waals surface area (Å²) in [5.41, 5.74) is -0.573. The van der Waals surface area contributed by atoms with Gasteiger partial charge in [0.15, 0.2) is 5.65 Å². The van der Waals surface area contributed by atoms with E-state index in [9.17, 15) is 13.2 Å². The Morgan fingerprint density at radius 2 is 2.11 bits per heavy atom. The smallest absolute Gasteiger partial charge is 0.317 e. The van der Waals surface area contributed by atoms with Crippen LogP contribution in [0.2, 0.25) is 5.02 Å². The minimum absolute atomic E-state index is 0.0583.